The molecule has 4 rings (SSSR count). The molecular formula is C25H17F7N4O. The minimum atomic E-state index is -5.11. The zero-order chi connectivity index (χ0) is 27.0. The zero-order valence-corrected chi connectivity index (χ0v) is 19.0. The Morgan fingerprint density at radius 3 is 2.14 bits per heavy atom. The van der Waals surface area contributed by atoms with E-state index in [2.05, 4.69) is 15.4 Å². The first-order valence-corrected chi connectivity index (χ1v) is 10.6. The molecule has 192 valence electrons. The number of nitrogens with one attached hydrogen (secondary N) is 1. The van der Waals surface area contributed by atoms with Crippen molar-refractivity contribution in [3.05, 3.63) is 89.5 Å². The molecule has 2 aromatic heterocycles. The van der Waals surface area contributed by atoms with Crippen molar-refractivity contribution in [3.8, 4) is 22.4 Å². The highest BCUT2D eigenvalue weighted by atomic mass is 19.4. The molecule has 0 saturated carbocycles. The Labute approximate surface area is 205 Å². The summed E-state index contributed by atoms with van der Waals surface area (Å²) in [7, 11) is 1.49. The number of carbonyl (C=O) groups excluding carboxylic acids is 1. The highest BCUT2D eigenvalue weighted by molar-refractivity contribution is 5.99. The van der Waals surface area contributed by atoms with Crippen molar-refractivity contribution in [2.45, 2.75) is 18.8 Å². The molecule has 2 aromatic carbocycles. The van der Waals surface area contributed by atoms with Gasteiger partial charge in [-0.05, 0) is 59.7 Å². The number of carbonyl (C=O) groups is 1. The summed E-state index contributed by atoms with van der Waals surface area (Å²) >= 11 is 0. The minimum Gasteiger partial charge on any atom is -0.310 e. The van der Waals surface area contributed by atoms with Gasteiger partial charge in [-0.1, -0.05) is 6.07 Å². The zero-order valence-electron chi connectivity index (χ0n) is 19.0. The number of aromatic nitrogens is 3. The summed E-state index contributed by atoms with van der Waals surface area (Å²) in [4.78, 5) is 16.8. The number of halogens is 7. The average molecular weight is 522 g/mol. The molecule has 0 aliphatic heterocycles. The Balaban J connectivity index is 1.72. The molecule has 2 heterocycles. The molecule has 0 fully saturated rings. The first kappa shape index (κ1) is 25.9. The number of benzene rings is 2. The maximum Gasteiger partial charge on any atom is 0.416 e. The van der Waals surface area contributed by atoms with Crippen molar-refractivity contribution < 1.29 is 35.5 Å². The summed E-state index contributed by atoms with van der Waals surface area (Å²) in [5.41, 5.74) is -1.83. The van der Waals surface area contributed by atoms with Crippen LogP contribution >= 0.6 is 0 Å². The summed E-state index contributed by atoms with van der Waals surface area (Å²) in [6.07, 6.45) is -7.97. The molecule has 5 nitrogen and oxygen atoms in total. The van der Waals surface area contributed by atoms with E-state index in [9.17, 15) is 35.5 Å². The highest BCUT2D eigenvalue weighted by Crippen LogP contribution is 2.39. The van der Waals surface area contributed by atoms with E-state index in [1.54, 1.807) is 12.1 Å². The van der Waals surface area contributed by atoms with Gasteiger partial charge >= 0.3 is 12.4 Å². The van der Waals surface area contributed by atoms with Gasteiger partial charge in [-0.25, -0.2) is 4.39 Å². The van der Waals surface area contributed by atoms with Crippen molar-refractivity contribution in [2.24, 2.45) is 7.05 Å². The SMILES string of the molecule is Cn1nc(-c2ccc(F)cc2)c(-c2ccncc2)c1NC(=O)Cc1ccc(C(F)(F)F)cc1C(F)(F)F. The third kappa shape index (κ3) is 5.63. The highest BCUT2D eigenvalue weighted by Gasteiger charge is 2.38. The quantitative estimate of drug-likeness (QED) is 0.304. The Hall–Kier alpha value is -4.22. The van der Waals surface area contributed by atoms with Gasteiger partial charge in [0.2, 0.25) is 5.91 Å². The summed E-state index contributed by atoms with van der Waals surface area (Å²) in [6, 6.07) is 9.77. The molecule has 0 aliphatic carbocycles. The lowest BCUT2D eigenvalue weighted by atomic mass is 9.99. The van der Waals surface area contributed by atoms with Crippen molar-refractivity contribution in [2.75, 3.05) is 5.32 Å². The molecule has 37 heavy (non-hydrogen) atoms. The first-order valence-electron chi connectivity index (χ1n) is 10.6. The number of rotatable bonds is 5. The van der Waals surface area contributed by atoms with E-state index in [1.807, 2.05) is 0 Å². The molecule has 0 radical (unpaired) electrons. The standard InChI is InChI=1S/C25H17F7N4O/c1-36-23(21(14-8-10-33-11-9-14)22(35-36)15-3-6-18(26)7-4-15)34-20(37)12-16-2-5-17(24(27,28)29)13-19(16)25(30,31)32/h2-11,13H,12H2,1H3,(H,34,37). The summed E-state index contributed by atoms with van der Waals surface area (Å²) in [5, 5.41) is 6.92. The van der Waals surface area contributed by atoms with E-state index in [0.29, 0.717) is 34.5 Å². The van der Waals surface area contributed by atoms with Crippen molar-refractivity contribution >= 4 is 11.7 Å². The van der Waals surface area contributed by atoms with Gasteiger partial charge in [-0.3, -0.25) is 14.5 Å². The van der Waals surface area contributed by atoms with E-state index in [-0.39, 0.29) is 11.9 Å². The third-order valence-electron chi connectivity index (χ3n) is 5.49. The number of hydrogen-bond donors (Lipinski definition) is 1. The summed E-state index contributed by atoms with van der Waals surface area (Å²) < 4.78 is 94.2. The molecule has 4 aromatic rings. The van der Waals surface area contributed by atoms with E-state index < -0.39 is 47.2 Å². The van der Waals surface area contributed by atoms with Crippen LogP contribution in [0.1, 0.15) is 16.7 Å². The lowest BCUT2D eigenvalue weighted by Crippen LogP contribution is -2.20. The Morgan fingerprint density at radius 2 is 1.54 bits per heavy atom. The van der Waals surface area contributed by atoms with Gasteiger partial charge in [0.25, 0.3) is 0 Å². The molecule has 0 atom stereocenters. The normalized spacial score (nSPS) is 12.0. The van der Waals surface area contributed by atoms with Crippen LogP contribution in [0.25, 0.3) is 22.4 Å². The predicted molar refractivity (Wildman–Crippen MR) is 121 cm³/mol. The van der Waals surface area contributed by atoms with Crippen molar-refractivity contribution in [1.82, 2.24) is 14.8 Å². The van der Waals surface area contributed by atoms with Crippen LogP contribution in [0.15, 0.2) is 67.0 Å². The van der Waals surface area contributed by atoms with Gasteiger partial charge in [0.05, 0.1) is 23.1 Å². The average Bonchev–Trinajstić information content (AvgIpc) is 3.14. The van der Waals surface area contributed by atoms with Gasteiger partial charge in [0.15, 0.2) is 0 Å². The molecule has 0 aliphatic rings. The number of aryl methyl sites for hydroxylation is 1. The Bertz CT molecular complexity index is 1430. The van der Waals surface area contributed by atoms with Crippen LogP contribution in [0.4, 0.5) is 36.6 Å². The monoisotopic (exact) mass is 522 g/mol. The molecule has 0 unspecified atom stereocenters. The number of nitrogens with zero attached hydrogens (tertiary/aromatic N) is 3. The summed E-state index contributed by atoms with van der Waals surface area (Å²) in [5.74, 6) is -1.26. The van der Waals surface area contributed by atoms with Gasteiger partial charge < -0.3 is 5.32 Å². The number of hydrogen-bond acceptors (Lipinski definition) is 3. The fraction of sp³-hybridized carbons (Fsp3) is 0.160. The molecule has 0 spiro atoms. The molecule has 0 bridgehead atoms. The maximum atomic E-state index is 13.5. The Kier molecular flexibility index (Phi) is 6.76. The lowest BCUT2D eigenvalue weighted by molar-refractivity contribution is -0.143. The largest absolute Gasteiger partial charge is 0.416 e. The van der Waals surface area contributed by atoms with Crippen LogP contribution in [0.3, 0.4) is 0 Å². The number of anilines is 1. The van der Waals surface area contributed by atoms with E-state index >= 15 is 0 Å². The van der Waals surface area contributed by atoms with E-state index in [0.717, 1.165) is 0 Å². The molecule has 1 amide bonds. The second kappa shape index (κ2) is 9.68. The number of alkyl halides is 6. The lowest BCUT2D eigenvalue weighted by Gasteiger charge is -2.16. The second-order valence-corrected chi connectivity index (χ2v) is 8.03. The molecular weight excluding hydrogens is 505 g/mol. The van der Waals surface area contributed by atoms with Crippen LogP contribution in [-0.2, 0) is 30.6 Å². The number of pyridine rings is 1. The van der Waals surface area contributed by atoms with Gasteiger partial charge in [-0.15, -0.1) is 0 Å². The van der Waals surface area contributed by atoms with E-state index in [1.165, 1.54) is 48.4 Å². The van der Waals surface area contributed by atoms with Crippen molar-refractivity contribution in [1.29, 1.82) is 0 Å². The number of amides is 1. The topological polar surface area (TPSA) is 59.8 Å². The van der Waals surface area contributed by atoms with Crippen LogP contribution in [0, 0.1) is 5.82 Å². The minimum absolute atomic E-state index is 0.0122. The van der Waals surface area contributed by atoms with Crippen LogP contribution < -0.4 is 5.32 Å². The van der Waals surface area contributed by atoms with Crippen LogP contribution in [0.2, 0.25) is 0 Å². The van der Waals surface area contributed by atoms with Crippen LogP contribution in [0.5, 0.6) is 0 Å². The van der Waals surface area contributed by atoms with Crippen LogP contribution in [-0.4, -0.2) is 20.7 Å². The molecule has 1 N–H and O–H groups in total. The molecule has 12 heteroatoms. The van der Waals surface area contributed by atoms with Gasteiger partial charge in [-0.2, -0.15) is 31.4 Å². The fourth-order valence-corrected chi connectivity index (χ4v) is 3.79. The van der Waals surface area contributed by atoms with Gasteiger partial charge in [0, 0.05) is 25.0 Å². The predicted octanol–water partition coefficient (Wildman–Crippen LogP) is 6.51. The van der Waals surface area contributed by atoms with Crippen molar-refractivity contribution in [3.63, 3.8) is 0 Å². The maximum absolute atomic E-state index is 13.5. The molecule has 0 saturated heterocycles. The summed E-state index contributed by atoms with van der Waals surface area (Å²) in [6.45, 7) is 0. The van der Waals surface area contributed by atoms with E-state index in [4.69, 9.17) is 0 Å². The fourth-order valence-electron chi connectivity index (χ4n) is 3.79. The smallest absolute Gasteiger partial charge is 0.310 e. The second-order valence-electron chi connectivity index (χ2n) is 8.03. The Morgan fingerprint density at radius 1 is 0.892 bits per heavy atom. The van der Waals surface area contributed by atoms with Gasteiger partial charge in [0.1, 0.15) is 17.3 Å². The first-order chi connectivity index (χ1) is 17.3. The third-order valence-corrected chi connectivity index (χ3v) is 5.49.